The first-order valence-electron chi connectivity index (χ1n) is 7.57. The van der Waals surface area contributed by atoms with Crippen LogP contribution in [0.1, 0.15) is 40.0 Å². The van der Waals surface area contributed by atoms with Crippen LogP contribution < -0.4 is 0 Å². The van der Waals surface area contributed by atoms with Crippen molar-refractivity contribution in [2.45, 2.75) is 40.0 Å². The number of unbranched alkanes of at least 4 members (excludes halogenated alkanes) is 1. The maximum absolute atomic E-state index is 12.0. The minimum absolute atomic E-state index is 0.0483. The standard InChI is InChI=1S/C15H27NO4/c1-4-5-7-19-9-10-20-8-6-16-14(17)11-13(12(2)3)15(16)18/h12-13H,4-11H2,1-3H3. The van der Waals surface area contributed by atoms with Gasteiger partial charge >= 0.3 is 0 Å². The Kier molecular flexibility index (Phi) is 7.77. The third-order valence-electron chi connectivity index (χ3n) is 3.56. The Balaban J connectivity index is 2.13. The van der Waals surface area contributed by atoms with Gasteiger partial charge in [0.2, 0.25) is 11.8 Å². The Morgan fingerprint density at radius 2 is 1.80 bits per heavy atom. The van der Waals surface area contributed by atoms with Crippen molar-refractivity contribution >= 4 is 11.8 Å². The number of likely N-dealkylation sites (tertiary alicyclic amines) is 1. The first-order chi connectivity index (χ1) is 9.57. The summed E-state index contributed by atoms with van der Waals surface area (Å²) >= 11 is 0. The van der Waals surface area contributed by atoms with Crippen LogP contribution in [-0.2, 0) is 19.1 Å². The molecule has 0 aromatic heterocycles. The Hall–Kier alpha value is -0.940. The van der Waals surface area contributed by atoms with Crippen LogP contribution in [0.3, 0.4) is 0 Å². The zero-order valence-electron chi connectivity index (χ0n) is 12.9. The predicted molar refractivity (Wildman–Crippen MR) is 76.2 cm³/mol. The molecule has 2 amide bonds. The average Bonchev–Trinajstić information content (AvgIpc) is 2.69. The van der Waals surface area contributed by atoms with E-state index in [4.69, 9.17) is 9.47 Å². The van der Waals surface area contributed by atoms with Gasteiger partial charge in [-0.05, 0) is 12.3 Å². The summed E-state index contributed by atoms with van der Waals surface area (Å²) in [4.78, 5) is 25.1. The van der Waals surface area contributed by atoms with Crippen molar-refractivity contribution in [3.05, 3.63) is 0 Å². The monoisotopic (exact) mass is 285 g/mol. The van der Waals surface area contributed by atoms with Crippen LogP contribution in [0.4, 0.5) is 0 Å². The Morgan fingerprint density at radius 1 is 1.15 bits per heavy atom. The molecule has 0 aromatic rings. The molecule has 20 heavy (non-hydrogen) atoms. The average molecular weight is 285 g/mol. The van der Waals surface area contributed by atoms with Crippen molar-refractivity contribution < 1.29 is 19.1 Å². The van der Waals surface area contributed by atoms with Gasteiger partial charge in [0.15, 0.2) is 0 Å². The molecule has 1 rings (SSSR count). The topological polar surface area (TPSA) is 55.8 Å². The summed E-state index contributed by atoms with van der Waals surface area (Å²) in [6.45, 7) is 8.65. The van der Waals surface area contributed by atoms with Crippen LogP contribution in [0, 0.1) is 11.8 Å². The van der Waals surface area contributed by atoms with Crippen molar-refractivity contribution in [2.75, 3.05) is 33.0 Å². The maximum atomic E-state index is 12.0. The highest BCUT2D eigenvalue weighted by molar-refractivity contribution is 6.03. The molecule has 1 aliphatic rings. The lowest BCUT2D eigenvalue weighted by molar-refractivity contribution is -0.140. The molecule has 0 spiro atoms. The number of hydrogen-bond donors (Lipinski definition) is 0. The summed E-state index contributed by atoms with van der Waals surface area (Å²) in [5.74, 6) is -0.0616. The molecule has 1 saturated heterocycles. The second kappa shape index (κ2) is 9.08. The summed E-state index contributed by atoms with van der Waals surface area (Å²) in [5, 5.41) is 0. The van der Waals surface area contributed by atoms with Gasteiger partial charge in [0, 0.05) is 18.9 Å². The lowest BCUT2D eigenvalue weighted by Crippen LogP contribution is -2.34. The quantitative estimate of drug-likeness (QED) is 0.454. The maximum Gasteiger partial charge on any atom is 0.233 e. The van der Waals surface area contributed by atoms with Gasteiger partial charge in [-0.3, -0.25) is 14.5 Å². The molecule has 1 fully saturated rings. The molecule has 0 saturated carbocycles. The van der Waals surface area contributed by atoms with Crippen LogP contribution in [-0.4, -0.2) is 49.7 Å². The van der Waals surface area contributed by atoms with Crippen LogP contribution in [0.25, 0.3) is 0 Å². The Morgan fingerprint density at radius 3 is 2.35 bits per heavy atom. The van der Waals surface area contributed by atoms with Gasteiger partial charge in [0.1, 0.15) is 0 Å². The van der Waals surface area contributed by atoms with Gasteiger partial charge in [-0.2, -0.15) is 0 Å². The number of carbonyl (C=O) groups excluding carboxylic acids is 2. The van der Waals surface area contributed by atoms with Gasteiger partial charge in [0.25, 0.3) is 0 Å². The van der Waals surface area contributed by atoms with E-state index in [0.717, 1.165) is 19.4 Å². The van der Waals surface area contributed by atoms with Crippen LogP contribution in [0.2, 0.25) is 0 Å². The fourth-order valence-electron chi connectivity index (χ4n) is 2.19. The number of ether oxygens (including phenoxy) is 2. The highest BCUT2D eigenvalue weighted by atomic mass is 16.5. The predicted octanol–water partition coefficient (Wildman–Crippen LogP) is 1.85. The molecule has 0 aliphatic carbocycles. The van der Waals surface area contributed by atoms with Crippen molar-refractivity contribution in [1.29, 1.82) is 0 Å². The van der Waals surface area contributed by atoms with E-state index in [-0.39, 0.29) is 23.7 Å². The van der Waals surface area contributed by atoms with Gasteiger partial charge in [-0.25, -0.2) is 0 Å². The SMILES string of the molecule is CCCCOCCOCCN1C(=O)CC(C(C)C)C1=O. The van der Waals surface area contributed by atoms with E-state index in [1.807, 2.05) is 13.8 Å². The second-order valence-corrected chi connectivity index (χ2v) is 5.52. The van der Waals surface area contributed by atoms with Gasteiger partial charge < -0.3 is 9.47 Å². The highest BCUT2D eigenvalue weighted by Gasteiger charge is 2.39. The van der Waals surface area contributed by atoms with Crippen molar-refractivity contribution in [3.8, 4) is 0 Å². The molecule has 116 valence electrons. The van der Waals surface area contributed by atoms with Crippen LogP contribution >= 0.6 is 0 Å². The zero-order valence-corrected chi connectivity index (χ0v) is 12.9. The molecular formula is C15H27NO4. The lowest BCUT2D eigenvalue weighted by atomic mass is 9.94. The number of carbonyl (C=O) groups is 2. The molecule has 0 N–H and O–H groups in total. The number of imide groups is 1. The first kappa shape index (κ1) is 17.1. The highest BCUT2D eigenvalue weighted by Crippen LogP contribution is 2.25. The number of nitrogens with zero attached hydrogens (tertiary/aromatic N) is 1. The normalized spacial score (nSPS) is 19.4. The first-order valence-corrected chi connectivity index (χ1v) is 7.57. The van der Waals surface area contributed by atoms with Gasteiger partial charge in [-0.1, -0.05) is 27.2 Å². The molecule has 1 aliphatic heterocycles. The van der Waals surface area contributed by atoms with E-state index in [1.54, 1.807) is 0 Å². The second-order valence-electron chi connectivity index (χ2n) is 5.52. The molecule has 0 aromatic carbocycles. The molecule has 1 atom stereocenters. The minimum Gasteiger partial charge on any atom is -0.379 e. The molecule has 0 bridgehead atoms. The summed E-state index contributed by atoms with van der Waals surface area (Å²) in [7, 11) is 0. The van der Waals surface area contributed by atoms with Crippen LogP contribution in [0.5, 0.6) is 0 Å². The van der Waals surface area contributed by atoms with E-state index < -0.39 is 0 Å². The third kappa shape index (κ3) is 5.21. The van der Waals surface area contributed by atoms with Crippen molar-refractivity contribution in [2.24, 2.45) is 11.8 Å². The van der Waals surface area contributed by atoms with E-state index in [1.165, 1.54) is 4.90 Å². The molecular weight excluding hydrogens is 258 g/mol. The third-order valence-corrected chi connectivity index (χ3v) is 3.56. The summed E-state index contributed by atoms with van der Waals surface area (Å²) in [5.41, 5.74) is 0. The van der Waals surface area contributed by atoms with E-state index in [9.17, 15) is 9.59 Å². The van der Waals surface area contributed by atoms with Crippen molar-refractivity contribution in [1.82, 2.24) is 4.90 Å². The fraction of sp³-hybridized carbons (Fsp3) is 0.867. The summed E-state index contributed by atoms with van der Waals surface area (Å²) in [6, 6.07) is 0. The number of amides is 2. The molecule has 1 heterocycles. The summed E-state index contributed by atoms with van der Waals surface area (Å²) in [6.07, 6.45) is 2.53. The van der Waals surface area contributed by atoms with Gasteiger partial charge in [-0.15, -0.1) is 0 Å². The molecule has 5 nitrogen and oxygen atoms in total. The number of hydrogen-bond acceptors (Lipinski definition) is 4. The van der Waals surface area contributed by atoms with E-state index in [2.05, 4.69) is 6.92 Å². The molecule has 1 unspecified atom stereocenters. The Bertz CT molecular complexity index is 317. The zero-order chi connectivity index (χ0) is 15.0. The van der Waals surface area contributed by atoms with Gasteiger partial charge in [0.05, 0.1) is 26.4 Å². The Labute approximate surface area is 121 Å². The van der Waals surface area contributed by atoms with Crippen molar-refractivity contribution in [3.63, 3.8) is 0 Å². The number of rotatable bonds is 10. The minimum atomic E-state index is -0.153. The lowest BCUT2D eigenvalue weighted by Gasteiger charge is -2.16. The summed E-state index contributed by atoms with van der Waals surface area (Å²) < 4.78 is 10.8. The van der Waals surface area contributed by atoms with E-state index >= 15 is 0 Å². The fourth-order valence-corrected chi connectivity index (χ4v) is 2.19. The molecule has 0 radical (unpaired) electrons. The largest absolute Gasteiger partial charge is 0.379 e. The smallest absolute Gasteiger partial charge is 0.233 e. The van der Waals surface area contributed by atoms with Crippen LogP contribution in [0.15, 0.2) is 0 Å². The molecule has 5 heteroatoms. The van der Waals surface area contributed by atoms with E-state index in [0.29, 0.717) is 32.8 Å².